The summed E-state index contributed by atoms with van der Waals surface area (Å²) < 4.78 is 29.1. The monoisotopic (exact) mass is 671 g/mol. The summed E-state index contributed by atoms with van der Waals surface area (Å²) in [6.45, 7) is 3.24. The van der Waals surface area contributed by atoms with E-state index >= 15 is 0 Å². The van der Waals surface area contributed by atoms with Crippen molar-refractivity contribution in [2.24, 2.45) is 0 Å². The maximum absolute atomic E-state index is 14.4. The molecule has 1 atom stereocenters. The number of nitrogens with one attached hydrogen (secondary N) is 1. The molecule has 0 saturated heterocycles. The van der Waals surface area contributed by atoms with Gasteiger partial charge in [0.25, 0.3) is 10.0 Å². The Morgan fingerprint density at radius 3 is 2.11 bits per heavy atom. The number of aryl methyl sites for hydroxylation is 1. The van der Waals surface area contributed by atoms with Crippen molar-refractivity contribution in [3.8, 4) is 0 Å². The molecule has 0 spiro atoms. The number of nitrogens with zero attached hydrogens (tertiary/aromatic N) is 2. The van der Waals surface area contributed by atoms with Gasteiger partial charge in [-0.25, -0.2) is 8.42 Å². The average Bonchev–Trinajstić information content (AvgIpc) is 3.01. The Balaban J connectivity index is 1.82. The number of amides is 2. The van der Waals surface area contributed by atoms with Crippen LogP contribution >= 0.6 is 34.8 Å². The molecule has 230 valence electrons. The SMILES string of the molecule is CCNC(=O)[C@H](Cc1ccccc1)N(Cc1ccc(Cl)cc1Cl)C(=O)CN(c1ccc(C)c(Cl)c1)S(=O)(=O)c1ccccc1. The van der Waals surface area contributed by atoms with Gasteiger partial charge in [-0.2, -0.15) is 0 Å². The van der Waals surface area contributed by atoms with E-state index in [9.17, 15) is 18.0 Å². The van der Waals surface area contributed by atoms with E-state index in [-0.39, 0.29) is 29.5 Å². The lowest BCUT2D eigenvalue weighted by Crippen LogP contribution is -2.53. The molecule has 0 aromatic heterocycles. The second-order valence-corrected chi connectivity index (χ2v) is 13.2. The van der Waals surface area contributed by atoms with Gasteiger partial charge < -0.3 is 10.2 Å². The first-order valence-corrected chi connectivity index (χ1v) is 16.5. The molecular formula is C33H32Cl3N3O4S. The quantitative estimate of drug-likeness (QED) is 0.177. The summed E-state index contributed by atoms with van der Waals surface area (Å²) in [7, 11) is -4.23. The van der Waals surface area contributed by atoms with E-state index in [4.69, 9.17) is 34.8 Å². The van der Waals surface area contributed by atoms with E-state index in [0.717, 1.165) is 15.4 Å². The molecule has 44 heavy (non-hydrogen) atoms. The van der Waals surface area contributed by atoms with Crippen LogP contribution < -0.4 is 9.62 Å². The van der Waals surface area contributed by atoms with Crippen LogP contribution in [0.3, 0.4) is 0 Å². The number of halogens is 3. The molecule has 7 nitrogen and oxygen atoms in total. The largest absolute Gasteiger partial charge is 0.355 e. The minimum atomic E-state index is -4.23. The highest BCUT2D eigenvalue weighted by molar-refractivity contribution is 7.92. The standard InChI is InChI=1S/C33H32Cl3N3O4S/c1-3-37-33(41)31(18-24-10-6-4-7-11-24)38(21-25-15-16-26(34)19-30(25)36)32(40)22-39(27-17-14-23(2)29(35)20-27)44(42,43)28-12-8-5-9-13-28/h4-17,19-20,31H,3,18,21-22H2,1-2H3,(H,37,41)/t31-/m0/s1. The first-order valence-electron chi connectivity index (χ1n) is 13.9. The number of likely N-dealkylation sites (N-methyl/N-ethyl adjacent to an activating group) is 1. The van der Waals surface area contributed by atoms with Gasteiger partial charge in [-0.1, -0.05) is 95.5 Å². The smallest absolute Gasteiger partial charge is 0.264 e. The second-order valence-electron chi connectivity index (χ2n) is 10.1. The molecule has 4 aromatic carbocycles. The molecule has 0 bridgehead atoms. The van der Waals surface area contributed by atoms with Crippen molar-refractivity contribution in [2.45, 2.75) is 37.8 Å². The summed E-state index contributed by atoms with van der Waals surface area (Å²) in [5.74, 6) is -0.995. The number of hydrogen-bond acceptors (Lipinski definition) is 4. The highest BCUT2D eigenvalue weighted by Gasteiger charge is 2.35. The molecule has 2 amide bonds. The van der Waals surface area contributed by atoms with E-state index in [1.54, 1.807) is 62.4 Å². The van der Waals surface area contributed by atoms with Crippen molar-refractivity contribution in [3.63, 3.8) is 0 Å². The van der Waals surface area contributed by atoms with Crippen LogP contribution in [0.4, 0.5) is 5.69 Å². The van der Waals surface area contributed by atoms with E-state index < -0.39 is 28.5 Å². The summed E-state index contributed by atoms with van der Waals surface area (Å²) in [6.07, 6.45) is 0.186. The zero-order valence-electron chi connectivity index (χ0n) is 24.2. The first kappa shape index (κ1) is 33.3. The summed E-state index contributed by atoms with van der Waals surface area (Å²) in [4.78, 5) is 29.4. The number of benzene rings is 4. The van der Waals surface area contributed by atoms with E-state index in [1.807, 2.05) is 30.3 Å². The Bertz CT molecular complexity index is 1720. The van der Waals surface area contributed by atoms with Crippen molar-refractivity contribution in [3.05, 3.63) is 129 Å². The van der Waals surface area contributed by atoms with Crippen LogP contribution in [0.15, 0.2) is 102 Å². The van der Waals surface area contributed by atoms with Crippen LogP contribution in [0.25, 0.3) is 0 Å². The molecule has 0 aliphatic rings. The summed E-state index contributed by atoms with van der Waals surface area (Å²) in [5.41, 5.74) is 2.32. The van der Waals surface area contributed by atoms with Crippen LogP contribution in [-0.2, 0) is 32.6 Å². The lowest BCUT2D eigenvalue weighted by Gasteiger charge is -2.34. The van der Waals surface area contributed by atoms with Crippen LogP contribution in [0.2, 0.25) is 15.1 Å². The zero-order valence-corrected chi connectivity index (χ0v) is 27.3. The van der Waals surface area contributed by atoms with Gasteiger partial charge in [0.15, 0.2) is 0 Å². The molecule has 0 aliphatic heterocycles. The first-order chi connectivity index (χ1) is 21.0. The number of hydrogen-bond donors (Lipinski definition) is 1. The van der Waals surface area contributed by atoms with Gasteiger partial charge in [0.2, 0.25) is 11.8 Å². The lowest BCUT2D eigenvalue weighted by atomic mass is 10.0. The lowest BCUT2D eigenvalue weighted by molar-refractivity contribution is -0.140. The molecule has 0 saturated carbocycles. The van der Waals surface area contributed by atoms with Crippen LogP contribution in [0, 0.1) is 6.92 Å². The second kappa shape index (κ2) is 14.9. The van der Waals surface area contributed by atoms with Crippen molar-refractivity contribution in [2.75, 3.05) is 17.4 Å². The van der Waals surface area contributed by atoms with Gasteiger partial charge in [-0.3, -0.25) is 13.9 Å². The molecule has 0 aliphatic carbocycles. The molecule has 0 heterocycles. The fourth-order valence-electron chi connectivity index (χ4n) is 4.66. The molecule has 0 fully saturated rings. The van der Waals surface area contributed by atoms with Crippen LogP contribution in [0.1, 0.15) is 23.6 Å². The van der Waals surface area contributed by atoms with Gasteiger partial charge in [0, 0.05) is 34.6 Å². The maximum atomic E-state index is 14.4. The fourth-order valence-corrected chi connectivity index (χ4v) is 6.73. The van der Waals surface area contributed by atoms with Crippen molar-refractivity contribution >= 4 is 62.3 Å². The third kappa shape index (κ3) is 8.12. The summed E-state index contributed by atoms with van der Waals surface area (Å²) in [5, 5.41) is 3.90. The molecule has 0 unspecified atom stereocenters. The van der Waals surface area contributed by atoms with Crippen molar-refractivity contribution < 1.29 is 18.0 Å². The molecule has 4 aromatic rings. The number of carbonyl (C=O) groups excluding carboxylic acids is 2. The van der Waals surface area contributed by atoms with Crippen LogP contribution in [-0.4, -0.2) is 44.3 Å². The predicted molar refractivity (Wildman–Crippen MR) is 177 cm³/mol. The molecule has 0 radical (unpaired) electrons. The number of carbonyl (C=O) groups is 2. The number of rotatable bonds is 12. The number of sulfonamides is 1. The van der Waals surface area contributed by atoms with E-state index in [2.05, 4.69) is 5.32 Å². The Morgan fingerprint density at radius 2 is 1.50 bits per heavy atom. The third-order valence-electron chi connectivity index (χ3n) is 7.03. The van der Waals surface area contributed by atoms with Crippen LogP contribution in [0.5, 0.6) is 0 Å². The molecular weight excluding hydrogens is 641 g/mol. The Labute approximate surface area is 273 Å². The highest BCUT2D eigenvalue weighted by atomic mass is 35.5. The van der Waals surface area contributed by atoms with Gasteiger partial charge >= 0.3 is 0 Å². The third-order valence-corrected chi connectivity index (χ3v) is 9.81. The topological polar surface area (TPSA) is 86.8 Å². The van der Waals surface area contributed by atoms with E-state index in [1.165, 1.54) is 23.1 Å². The summed E-state index contributed by atoms with van der Waals surface area (Å²) in [6, 6.07) is 25.8. The van der Waals surface area contributed by atoms with Crippen molar-refractivity contribution in [1.82, 2.24) is 10.2 Å². The average molecular weight is 673 g/mol. The van der Waals surface area contributed by atoms with Gasteiger partial charge in [0.1, 0.15) is 12.6 Å². The Kier molecular flexibility index (Phi) is 11.3. The Morgan fingerprint density at radius 1 is 0.841 bits per heavy atom. The maximum Gasteiger partial charge on any atom is 0.264 e. The predicted octanol–water partition coefficient (Wildman–Crippen LogP) is 6.93. The molecule has 1 N–H and O–H groups in total. The highest BCUT2D eigenvalue weighted by Crippen LogP contribution is 2.29. The zero-order chi connectivity index (χ0) is 31.9. The fraction of sp³-hybridized carbons (Fsp3) is 0.212. The minimum absolute atomic E-state index is 0.00125. The van der Waals surface area contributed by atoms with Gasteiger partial charge in [-0.05, 0) is 66.9 Å². The van der Waals surface area contributed by atoms with E-state index in [0.29, 0.717) is 27.2 Å². The number of anilines is 1. The van der Waals surface area contributed by atoms with Gasteiger partial charge in [-0.15, -0.1) is 0 Å². The van der Waals surface area contributed by atoms with Crippen molar-refractivity contribution in [1.29, 1.82) is 0 Å². The van der Waals surface area contributed by atoms with Gasteiger partial charge in [0.05, 0.1) is 10.6 Å². The minimum Gasteiger partial charge on any atom is -0.355 e. The Hall–Kier alpha value is -3.56. The summed E-state index contributed by atoms with van der Waals surface area (Å²) >= 11 is 19.1. The molecule has 11 heteroatoms. The molecule has 4 rings (SSSR count). The normalized spacial score (nSPS) is 11.9.